The van der Waals surface area contributed by atoms with Crippen LogP contribution in [-0.4, -0.2) is 11.8 Å². The quantitative estimate of drug-likeness (QED) is 0.773. The number of hydrogen-bond donors (Lipinski definition) is 2. The molecule has 0 radical (unpaired) electrons. The molecule has 0 spiro atoms. The Morgan fingerprint density at radius 1 is 1.12 bits per heavy atom. The smallest absolute Gasteiger partial charge is 0.253 e. The van der Waals surface area contributed by atoms with Crippen LogP contribution in [0.25, 0.3) is 0 Å². The third-order valence-electron chi connectivity index (χ3n) is 3.80. The summed E-state index contributed by atoms with van der Waals surface area (Å²) in [5, 5.41) is 6.14. The topological polar surface area (TPSA) is 58.2 Å². The summed E-state index contributed by atoms with van der Waals surface area (Å²) in [6.07, 6.45) is 1.96. The Morgan fingerprint density at radius 3 is 2.50 bits per heavy atom. The van der Waals surface area contributed by atoms with Gasteiger partial charge in [0.2, 0.25) is 5.91 Å². The third-order valence-corrected chi connectivity index (χ3v) is 4.62. The zero-order valence-corrected chi connectivity index (χ0v) is 15.2. The Labute approximate surface area is 153 Å². The largest absolute Gasteiger partial charge is 0.348 e. The molecule has 4 nitrogen and oxygen atoms in total. The van der Waals surface area contributed by atoms with Crippen LogP contribution in [0.3, 0.4) is 0 Å². The van der Waals surface area contributed by atoms with E-state index in [0.29, 0.717) is 17.1 Å². The SMILES string of the molecule is O=C(NCc1ccc(NC(=O)C2CC2)cc1)c1cc(Br)ccc1Cl. The lowest BCUT2D eigenvalue weighted by atomic mass is 10.1. The minimum atomic E-state index is -0.229. The fourth-order valence-electron chi connectivity index (χ4n) is 2.24. The molecule has 1 aliphatic carbocycles. The number of anilines is 1. The van der Waals surface area contributed by atoms with E-state index in [1.165, 1.54) is 0 Å². The van der Waals surface area contributed by atoms with Crippen molar-refractivity contribution < 1.29 is 9.59 Å². The summed E-state index contributed by atoms with van der Waals surface area (Å²) < 4.78 is 0.799. The highest BCUT2D eigenvalue weighted by Gasteiger charge is 2.29. The van der Waals surface area contributed by atoms with Crippen LogP contribution in [0.4, 0.5) is 5.69 Å². The first-order valence-corrected chi connectivity index (χ1v) is 8.83. The summed E-state index contributed by atoms with van der Waals surface area (Å²) in [6, 6.07) is 12.6. The lowest BCUT2D eigenvalue weighted by Crippen LogP contribution is -2.23. The first-order valence-electron chi connectivity index (χ1n) is 7.66. The number of carbonyl (C=O) groups is 2. The first kappa shape index (κ1) is 17.0. The molecule has 0 atom stereocenters. The Kier molecular flexibility index (Phi) is 5.21. The van der Waals surface area contributed by atoms with E-state index in [9.17, 15) is 9.59 Å². The van der Waals surface area contributed by atoms with Gasteiger partial charge in [0, 0.05) is 22.6 Å². The minimum absolute atomic E-state index is 0.0837. The van der Waals surface area contributed by atoms with Crippen molar-refractivity contribution in [2.45, 2.75) is 19.4 Å². The summed E-state index contributed by atoms with van der Waals surface area (Å²) in [5.74, 6) is 0.0340. The second-order valence-corrected chi connectivity index (χ2v) is 7.09. The average Bonchev–Trinajstić information content (AvgIpc) is 3.41. The van der Waals surface area contributed by atoms with Crippen molar-refractivity contribution >= 4 is 45.0 Å². The minimum Gasteiger partial charge on any atom is -0.348 e. The van der Waals surface area contributed by atoms with Crippen LogP contribution in [0.15, 0.2) is 46.9 Å². The van der Waals surface area contributed by atoms with E-state index >= 15 is 0 Å². The van der Waals surface area contributed by atoms with Gasteiger partial charge in [-0.3, -0.25) is 9.59 Å². The van der Waals surface area contributed by atoms with Gasteiger partial charge in [-0.05, 0) is 48.7 Å². The average molecular weight is 408 g/mol. The maximum absolute atomic E-state index is 12.2. The highest BCUT2D eigenvalue weighted by atomic mass is 79.9. The Morgan fingerprint density at radius 2 is 1.83 bits per heavy atom. The zero-order chi connectivity index (χ0) is 17.1. The van der Waals surface area contributed by atoms with Crippen LogP contribution in [0, 0.1) is 5.92 Å². The van der Waals surface area contributed by atoms with Gasteiger partial charge in [0.1, 0.15) is 0 Å². The van der Waals surface area contributed by atoms with Gasteiger partial charge in [-0.25, -0.2) is 0 Å². The van der Waals surface area contributed by atoms with E-state index in [0.717, 1.165) is 28.6 Å². The molecule has 6 heteroatoms. The van der Waals surface area contributed by atoms with Gasteiger partial charge in [0.25, 0.3) is 5.91 Å². The van der Waals surface area contributed by atoms with Crippen molar-refractivity contribution in [2.75, 3.05) is 5.32 Å². The van der Waals surface area contributed by atoms with Crippen LogP contribution >= 0.6 is 27.5 Å². The molecule has 2 amide bonds. The molecule has 0 bridgehead atoms. The van der Waals surface area contributed by atoms with Crippen molar-refractivity contribution in [1.82, 2.24) is 5.32 Å². The molecule has 0 aromatic heterocycles. The molecular weight excluding hydrogens is 392 g/mol. The molecule has 2 aromatic rings. The van der Waals surface area contributed by atoms with Gasteiger partial charge in [-0.15, -0.1) is 0 Å². The molecule has 0 aliphatic heterocycles. The third kappa shape index (κ3) is 4.36. The van der Waals surface area contributed by atoms with Crippen molar-refractivity contribution in [3.05, 3.63) is 63.1 Å². The molecule has 0 heterocycles. The van der Waals surface area contributed by atoms with Crippen LogP contribution < -0.4 is 10.6 Å². The summed E-state index contributed by atoms with van der Waals surface area (Å²) in [5.41, 5.74) is 2.15. The number of hydrogen-bond acceptors (Lipinski definition) is 2. The highest BCUT2D eigenvalue weighted by Crippen LogP contribution is 2.30. The monoisotopic (exact) mass is 406 g/mol. The lowest BCUT2D eigenvalue weighted by molar-refractivity contribution is -0.117. The number of halogens is 2. The highest BCUT2D eigenvalue weighted by molar-refractivity contribution is 9.10. The fraction of sp³-hybridized carbons (Fsp3) is 0.222. The summed E-state index contributed by atoms with van der Waals surface area (Å²) in [4.78, 5) is 23.9. The number of benzene rings is 2. The van der Waals surface area contributed by atoms with E-state index in [4.69, 9.17) is 11.6 Å². The Balaban J connectivity index is 1.57. The van der Waals surface area contributed by atoms with Gasteiger partial charge < -0.3 is 10.6 Å². The molecule has 3 rings (SSSR count). The summed E-state index contributed by atoms with van der Waals surface area (Å²) in [7, 11) is 0. The molecule has 1 saturated carbocycles. The summed E-state index contributed by atoms with van der Waals surface area (Å²) >= 11 is 9.38. The van der Waals surface area contributed by atoms with Gasteiger partial charge in [0.05, 0.1) is 10.6 Å². The fourth-order valence-corrected chi connectivity index (χ4v) is 2.81. The van der Waals surface area contributed by atoms with Crippen LogP contribution in [-0.2, 0) is 11.3 Å². The molecule has 0 unspecified atom stereocenters. The number of rotatable bonds is 5. The normalized spacial score (nSPS) is 13.4. The number of amides is 2. The molecule has 1 aliphatic rings. The van der Waals surface area contributed by atoms with Gasteiger partial charge in [-0.1, -0.05) is 39.7 Å². The second kappa shape index (κ2) is 7.36. The van der Waals surface area contributed by atoms with Gasteiger partial charge in [0.15, 0.2) is 0 Å². The summed E-state index contributed by atoms with van der Waals surface area (Å²) in [6.45, 7) is 0.387. The van der Waals surface area contributed by atoms with E-state index in [-0.39, 0.29) is 17.7 Å². The van der Waals surface area contributed by atoms with Crippen molar-refractivity contribution in [3.8, 4) is 0 Å². The van der Waals surface area contributed by atoms with Crippen LogP contribution in [0.2, 0.25) is 5.02 Å². The van der Waals surface area contributed by atoms with Crippen molar-refractivity contribution in [1.29, 1.82) is 0 Å². The molecular formula is C18H16BrClN2O2. The molecule has 2 aromatic carbocycles. The number of nitrogens with one attached hydrogen (secondary N) is 2. The van der Waals surface area contributed by atoms with Gasteiger partial charge >= 0.3 is 0 Å². The zero-order valence-electron chi connectivity index (χ0n) is 12.8. The standard InChI is InChI=1S/C18H16BrClN2O2/c19-13-5-8-16(20)15(9-13)18(24)21-10-11-1-6-14(7-2-11)22-17(23)12-3-4-12/h1-2,5-9,12H,3-4,10H2,(H,21,24)(H,22,23). The van der Waals surface area contributed by atoms with E-state index < -0.39 is 0 Å². The Hall–Kier alpha value is -1.85. The predicted octanol–water partition coefficient (Wildman–Crippen LogP) is 4.38. The van der Waals surface area contributed by atoms with Gasteiger partial charge in [-0.2, -0.15) is 0 Å². The molecule has 2 N–H and O–H groups in total. The second-order valence-electron chi connectivity index (χ2n) is 5.77. The van der Waals surface area contributed by atoms with Crippen LogP contribution in [0.5, 0.6) is 0 Å². The maximum Gasteiger partial charge on any atom is 0.253 e. The maximum atomic E-state index is 12.2. The molecule has 124 valence electrons. The van der Waals surface area contributed by atoms with Crippen molar-refractivity contribution in [2.24, 2.45) is 5.92 Å². The first-order chi connectivity index (χ1) is 11.5. The molecule has 0 saturated heterocycles. The van der Waals surface area contributed by atoms with Crippen molar-refractivity contribution in [3.63, 3.8) is 0 Å². The van der Waals surface area contributed by atoms with Crippen LogP contribution in [0.1, 0.15) is 28.8 Å². The Bertz CT molecular complexity index is 773. The molecule has 1 fully saturated rings. The van der Waals surface area contributed by atoms with E-state index in [1.54, 1.807) is 18.2 Å². The predicted molar refractivity (Wildman–Crippen MR) is 98.1 cm³/mol. The number of carbonyl (C=O) groups excluding carboxylic acids is 2. The van der Waals surface area contributed by atoms with E-state index in [1.807, 2.05) is 24.3 Å². The van der Waals surface area contributed by atoms with E-state index in [2.05, 4.69) is 26.6 Å². The lowest BCUT2D eigenvalue weighted by Gasteiger charge is -2.09. The molecule has 24 heavy (non-hydrogen) atoms.